The third kappa shape index (κ3) is 3.17. The van der Waals surface area contributed by atoms with Gasteiger partial charge < -0.3 is 10.1 Å². The molecule has 1 aliphatic rings. The molecular formula is C12H13ClFNO2. The Labute approximate surface area is 104 Å². The Morgan fingerprint density at radius 2 is 2.41 bits per heavy atom. The van der Waals surface area contributed by atoms with E-state index in [0.29, 0.717) is 13.2 Å². The summed E-state index contributed by atoms with van der Waals surface area (Å²) in [5.74, 6) is -0.580. The highest BCUT2D eigenvalue weighted by Gasteiger charge is 2.22. The molecule has 2 rings (SSSR count). The summed E-state index contributed by atoms with van der Waals surface area (Å²) in [5, 5.41) is 2.81. The lowest BCUT2D eigenvalue weighted by Crippen LogP contribution is -2.33. The van der Waals surface area contributed by atoms with Crippen molar-refractivity contribution in [2.75, 3.05) is 6.61 Å². The van der Waals surface area contributed by atoms with Crippen LogP contribution < -0.4 is 5.32 Å². The lowest BCUT2D eigenvalue weighted by atomic mass is 10.2. The van der Waals surface area contributed by atoms with Crippen molar-refractivity contribution in [3.8, 4) is 0 Å². The predicted molar refractivity (Wildman–Crippen MR) is 62.2 cm³/mol. The molecule has 1 unspecified atom stereocenters. The van der Waals surface area contributed by atoms with E-state index in [1.807, 2.05) is 0 Å². The molecule has 1 fully saturated rings. The lowest BCUT2D eigenvalue weighted by molar-refractivity contribution is -0.130. The predicted octanol–water partition coefficient (Wildman–Crippen LogP) is 2.27. The van der Waals surface area contributed by atoms with Gasteiger partial charge in [0.1, 0.15) is 11.9 Å². The van der Waals surface area contributed by atoms with Crippen LogP contribution in [0.4, 0.5) is 4.39 Å². The van der Waals surface area contributed by atoms with Gasteiger partial charge in [-0.1, -0.05) is 17.7 Å². The van der Waals surface area contributed by atoms with Gasteiger partial charge in [-0.15, -0.1) is 0 Å². The molecule has 1 aromatic carbocycles. The van der Waals surface area contributed by atoms with Gasteiger partial charge in [0.25, 0.3) is 0 Å². The SMILES string of the molecule is O=C(NCc1ccc(F)c(Cl)c1)C1CCCO1. The molecule has 1 aliphatic heterocycles. The van der Waals surface area contributed by atoms with Gasteiger partial charge in [0.15, 0.2) is 0 Å². The summed E-state index contributed by atoms with van der Waals surface area (Å²) in [6.07, 6.45) is 1.34. The number of halogens is 2. The van der Waals surface area contributed by atoms with Crippen molar-refractivity contribution in [1.82, 2.24) is 5.32 Å². The number of amides is 1. The zero-order valence-electron chi connectivity index (χ0n) is 9.21. The van der Waals surface area contributed by atoms with Crippen molar-refractivity contribution in [2.45, 2.75) is 25.5 Å². The molecule has 0 bridgehead atoms. The third-order valence-electron chi connectivity index (χ3n) is 2.67. The van der Waals surface area contributed by atoms with Crippen LogP contribution in [0.25, 0.3) is 0 Å². The standard InChI is InChI=1S/C12H13ClFNO2/c13-9-6-8(3-4-10(9)14)7-15-12(16)11-2-1-5-17-11/h3-4,6,11H,1-2,5,7H2,(H,15,16). The van der Waals surface area contributed by atoms with Crippen molar-refractivity contribution in [3.63, 3.8) is 0 Å². The van der Waals surface area contributed by atoms with Gasteiger partial charge in [0.2, 0.25) is 5.91 Å². The number of ether oxygens (including phenoxy) is 1. The highest BCUT2D eigenvalue weighted by Crippen LogP contribution is 2.16. The highest BCUT2D eigenvalue weighted by molar-refractivity contribution is 6.30. The molecule has 0 radical (unpaired) electrons. The number of carbonyl (C=O) groups is 1. The molecule has 3 nitrogen and oxygen atoms in total. The molecule has 0 aromatic heterocycles. The quantitative estimate of drug-likeness (QED) is 0.902. The van der Waals surface area contributed by atoms with Crippen molar-refractivity contribution in [3.05, 3.63) is 34.6 Å². The van der Waals surface area contributed by atoms with E-state index in [0.717, 1.165) is 18.4 Å². The second-order valence-corrected chi connectivity index (χ2v) is 4.38. The number of hydrogen-bond acceptors (Lipinski definition) is 2. The van der Waals surface area contributed by atoms with Crippen molar-refractivity contribution in [2.24, 2.45) is 0 Å². The third-order valence-corrected chi connectivity index (χ3v) is 2.96. The minimum absolute atomic E-state index is 0.0638. The molecule has 0 saturated carbocycles. The fourth-order valence-electron chi connectivity index (χ4n) is 1.74. The Hall–Kier alpha value is -1.13. The number of nitrogens with one attached hydrogen (secondary N) is 1. The Kier molecular flexibility index (Phi) is 3.97. The molecule has 1 atom stereocenters. The molecule has 0 aliphatic carbocycles. The van der Waals surface area contributed by atoms with Gasteiger partial charge in [0, 0.05) is 13.2 Å². The minimum Gasteiger partial charge on any atom is -0.368 e. The van der Waals surface area contributed by atoms with E-state index in [1.54, 1.807) is 6.07 Å². The second kappa shape index (κ2) is 5.47. The monoisotopic (exact) mass is 257 g/mol. The van der Waals surface area contributed by atoms with Crippen LogP contribution in [0, 0.1) is 5.82 Å². The summed E-state index contributed by atoms with van der Waals surface area (Å²) in [6.45, 7) is 0.971. The van der Waals surface area contributed by atoms with E-state index in [4.69, 9.17) is 16.3 Å². The zero-order valence-corrected chi connectivity index (χ0v) is 9.97. The molecule has 17 heavy (non-hydrogen) atoms. The fourth-order valence-corrected chi connectivity index (χ4v) is 1.94. The van der Waals surface area contributed by atoms with E-state index in [9.17, 15) is 9.18 Å². The highest BCUT2D eigenvalue weighted by atomic mass is 35.5. The normalized spacial score (nSPS) is 19.3. The molecule has 1 N–H and O–H groups in total. The Bertz CT molecular complexity index is 419. The molecular weight excluding hydrogens is 245 g/mol. The van der Waals surface area contributed by atoms with Crippen LogP contribution in [0.1, 0.15) is 18.4 Å². The Balaban J connectivity index is 1.88. The van der Waals surface area contributed by atoms with Gasteiger partial charge in [0.05, 0.1) is 5.02 Å². The number of benzene rings is 1. The fraction of sp³-hybridized carbons (Fsp3) is 0.417. The van der Waals surface area contributed by atoms with Crippen molar-refractivity contribution < 1.29 is 13.9 Å². The van der Waals surface area contributed by atoms with Crippen molar-refractivity contribution >= 4 is 17.5 Å². The van der Waals surface area contributed by atoms with Crippen LogP contribution in [0.5, 0.6) is 0 Å². The van der Waals surface area contributed by atoms with Gasteiger partial charge in [-0.3, -0.25) is 4.79 Å². The maximum Gasteiger partial charge on any atom is 0.249 e. The summed E-state index contributed by atoms with van der Waals surface area (Å²) in [5.41, 5.74) is 0.766. The summed E-state index contributed by atoms with van der Waals surface area (Å²) in [6, 6.07) is 4.39. The van der Waals surface area contributed by atoms with E-state index in [1.165, 1.54) is 12.1 Å². The maximum absolute atomic E-state index is 12.9. The second-order valence-electron chi connectivity index (χ2n) is 3.97. The van der Waals surface area contributed by atoms with E-state index < -0.39 is 5.82 Å². The van der Waals surface area contributed by atoms with Crippen LogP contribution in [-0.2, 0) is 16.1 Å². The average Bonchev–Trinajstić information content (AvgIpc) is 2.84. The first-order valence-electron chi connectivity index (χ1n) is 5.50. The van der Waals surface area contributed by atoms with E-state index in [2.05, 4.69) is 5.32 Å². The summed E-state index contributed by atoms with van der Waals surface area (Å²) in [7, 11) is 0. The molecule has 1 heterocycles. The average molecular weight is 258 g/mol. The van der Waals surface area contributed by atoms with E-state index >= 15 is 0 Å². The zero-order chi connectivity index (χ0) is 12.3. The molecule has 1 aromatic rings. The number of rotatable bonds is 3. The van der Waals surface area contributed by atoms with Gasteiger partial charge in [-0.25, -0.2) is 4.39 Å². The first-order valence-corrected chi connectivity index (χ1v) is 5.88. The molecule has 92 valence electrons. The summed E-state index contributed by atoms with van der Waals surface area (Å²) < 4.78 is 18.2. The Morgan fingerprint density at radius 3 is 3.06 bits per heavy atom. The molecule has 5 heteroatoms. The van der Waals surface area contributed by atoms with Gasteiger partial charge in [-0.2, -0.15) is 0 Å². The lowest BCUT2D eigenvalue weighted by Gasteiger charge is -2.10. The first kappa shape index (κ1) is 12.3. The van der Waals surface area contributed by atoms with Gasteiger partial charge >= 0.3 is 0 Å². The van der Waals surface area contributed by atoms with E-state index in [-0.39, 0.29) is 17.0 Å². The van der Waals surface area contributed by atoms with Crippen LogP contribution in [0.3, 0.4) is 0 Å². The minimum atomic E-state index is -0.458. The first-order chi connectivity index (χ1) is 8.16. The van der Waals surface area contributed by atoms with Crippen LogP contribution >= 0.6 is 11.6 Å². The topological polar surface area (TPSA) is 38.3 Å². The number of hydrogen-bond donors (Lipinski definition) is 1. The van der Waals surface area contributed by atoms with Crippen LogP contribution in [0.2, 0.25) is 5.02 Å². The van der Waals surface area contributed by atoms with Gasteiger partial charge in [-0.05, 0) is 30.5 Å². The molecule has 1 amide bonds. The number of carbonyl (C=O) groups excluding carboxylic acids is 1. The smallest absolute Gasteiger partial charge is 0.249 e. The summed E-state index contributed by atoms with van der Waals surface area (Å²) in [4.78, 5) is 11.6. The van der Waals surface area contributed by atoms with Crippen LogP contribution in [-0.4, -0.2) is 18.6 Å². The molecule has 1 saturated heterocycles. The molecule has 0 spiro atoms. The summed E-state index contributed by atoms with van der Waals surface area (Å²) >= 11 is 5.64. The Morgan fingerprint density at radius 1 is 1.59 bits per heavy atom. The van der Waals surface area contributed by atoms with Crippen LogP contribution in [0.15, 0.2) is 18.2 Å². The van der Waals surface area contributed by atoms with Crippen molar-refractivity contribution in [1.29, 1.82) is 0 Å². The largest absolute Gasteiger partial charge is 0.368 e. The maximum atomic E-state index is 12.9.